The third-order valence-electron chi connectivity index (χ3n) is 5.04. The van der Waals surface area contributed by atoms with Crippen LogP contribution in [0.3, 0.4) is 0 Å². The Balaban J connectivity index is 1.52. The molecule has 1 fully saturated rings. The molecule has 31 heavy (non-hydrogen) atoms. The predicted molar refractivity (Wildman–Crippen MR) is 117 cm³/mol. The lowest BCUT2D eigenvalue weighted by Gasteiger charge is -2.30. The van der Waals surface area contributed by atoms with Crippen LogP contribution in [0, 0.1) is 12.3 Å². The summed E-state index contributed by atoms with van der Waals surface area (Å²) in [5.74, 6) is 3.52. The summed E-state index contributed by atoms with van der Waals surface area (Å²) in [5, 5.41) is 5.57. The van der Waals surface area contributed by atoms with Gasteiger partial charge >= 0.3 is 6.09 Å². The molecule has 1 saturated heterocycles. The van der Waals surface area contributed by atoms with E-state index in [9.17, 15) is 9.59 Å². The first-order valence-corrected chi connectivity index (χ1v) is 10.7. The first-order valence-electron chi connectivity index (χ1n) is 9.85. The zero-order valence-corrected chi connectivity index (χ0v) is 18.4. The molecule has 2 heterocycles. The topological polar surface area (TPSA) is 90.0 Å². The fourth-order valence-electron chi connectivity index (χ4n) is 3.35. The minimum atomic E-state index is -0.384. The number of hydrogen-bond donors (Lipinski definition) is 1. The number of carbonyl (C=O) groups excluding carboxylic acids is 2. The van der Waals surface area contributed by atoms with Gasteiger partial charge in [0.15, 0.2) is 18.1 Å². The molecule has 0 spiro atoms. The highest BCUT2D eigenvalue weighted by molar-refractivity contribution is 7.09. The van der Waals surface area contributed by atoms with E-state index in [4.69, 9.17) is 20.6 Å². The minimum Gasteiger partial charge on any atom is -0.493 e. The summed E-state index contributed by atoms with van der Waals surface area (Å²) in [6.07, 6.45) is 6.27. The van der Waals surface area contributed by atoms with Crippen molar-refractivity contribution in [1.29, 1.82) is 0 Å². The number of hydrogen-bond acceptors (Lipinski definition) is 7. The molecule has 9 heteroatoms. The van der Waals surface area contributed by atoms with E-state index in [0.29, 0.717) is 36.8 Å². The second kappa shape index (κ2) is 10.7. The number of rotatable bonds is 7. The van der Waals surface area contributed by atoms with Crippen molar-refractivity contribution >= 4 is 23.3 Å². The summed E-state index contributed by atoms with van der Waals surface area (Å²) in [6, 6.07) is 5.50. The Hall–Kier alpha value is -3.25. The molecule has 1 aliphatic heterocycles. The molecule has 0 aliphatic carbocycles. The van der Waals surface area contributed by atoms with Crippen molar-refractivity contribution in [2.24, 2.45) is 0 Å². The quantitative estimate of drug-likeness (QED) is 0.662. The fourth-order valence-corrected chi connectivity index (χ4v) is 4.32. The Morgan fingerprint density at radius 3 is 2.68 bits per heavy atom. The number of methoxy groups -OCH3 is 2. The summed E-state index contributed by atoms with van der Waals surface area (Å²) in [5.41, 5.74) is 1.29. The van der Waals surface area contributed by atoms with Crippen LogP contribution in [0.2, 0.25) is 0 Å². The van der Waals surface area contributed by atoms with Gasteiger partial charge in [-0.25, -0.2) is 9.78 Å². The monoisotopic (exact) mass is 443 g/mol. The molecule has 1 aromatic heterocycles. The first kappa shape index (κ1) is 22.4. The zero-order chi connectivity index (χ0) is 22.2. The van der Waals surface area contributed by atoms with Crippen molar-refractivity contribution in [3.63, 3.8) is 0 Å². The Labute approximate surface area is 185 Å². The Bertz CT molecular complexity index is 960. The van der Waals surface area contributed by atoms with Crippen LogP contribution in [0.5, 0.6) is 11.5 Å². The van der Waals surface area contributed by atoms with Crippen molar-refractivity contribution < 1.29 is 23.8 Å². The van der Waals surface area contributed by atoms with Gasteiger partial charge in [0.25, 0.3) is 5.91 Å². The van der Waals surface area contributed by atoms with Crippen LogP contribution in [0.15, 0.2) is 23.6 Å². The predicted octanol–water partition coefficient (Wildman–Crippen LogP) is 3.04. The van der Waals surface area contributed by atoms with Crippen LogP contribution in [-0.4, -0.2) is 55.8 Å². The molecule has 0 bridgehead atoms. The number of nitrogens with zero attached hydrogens (tertiary/aromatic N) is 2. The largest absolute Gasteiger partial charge is 0.493 e. The normalized spacial score (nSPS) is 13.9. The van der Waals surface area contributed by atoms with E-state index in [1.165, 1.54) is 11.3 Å². The highest BCUT2D eigenvalue weighted by atomic mass is 32.1. The highest BCUT2D eigenvalue weighted by Crippen LogP contribution is 2.31. The van der Waals surface area contributed by atoms with E-state index in [1.807, 2.05) is 12.1 Å². The van der Waals surface area contributed by atoms with E-state index >= 15 is 0 Å². The molecule has 3 rings (SSSR count). The standard InChI is InChI=1S/C22H25N3O5S/c1-4-11-30-22(27)25-9-7-16(8-10-25)21-24-17(14-31-21)20(26)23-13-15-5-6-18(28-2)19(12-15)29-3/h1,5-6,12,14,16H,7-11,13H2,2-3H3,(H,23,26). The van der Waals surface area contributed by atoms with Crippen molar-refractivity contribution in [2.75, 3.05) is 33.9 Å². The molecule has 0 saturated carbocycles. The maximum absolute atomic E-state index is 12.5. The van der Waals surface area contributed by atoms with Gasteiger partial charge in [-0.15, -0.1) is 17.8 Å². The van der Waals surface area contributed by atoms with E-state index in [-0.39, 0.29) is 24.5 Å². The van der Waals surface area contributed by atoms with Gasteiger partial charge in [-0.1, -0.05) is 12.0 Å². The molecule has 0 atom stereocenters. The SMILES string of the molecule is C#CCOC(=O)N1CCC(c2nc(C(=O)NCc3ccc(OC)c(OC)c3)cs2)CC1. The van der Waals surface area contributed by atoms with E-state index in [2.05, 4.69) is 16.2 Å². The van der Waals surface area contributed by atoms with Gasteiger partial charge in [-0.3, -0.25) is 4.79 Å². The lowest BCUT2D eigenvalue weighted by Crippen LogP contribution is -2.38. The zero-order valence-electron chi connectivity index (χ0n) is 17.6. The molecule has 1 aliphatic rings. The van der Waals surface area contributed by atoms with Gasteiger partial charge in [0.05, 0.1) is 19.2 Å². The third kappa shape index (κ3) is 5.67. The second-order valence-corrected chi connectivity index (χ2v) is 7.85. The fraction of sp³-hybridized carbons (Fsp3) is 0.409. The number of piperidine rings is 1. The molecular weight excluding hydrogens is 418 g/mol. The summed E-state index contributed by atoms with van der Waals surface area (Å²) in [4.78, 5) is 30.6. The van der Waals surface area contributed by atoms with Gasteiger partial charge in [0.1, 0.15) is 5.69 Å². The number of carbonyl (C=O) groups is 2. The van der Waals surface area contributed by atoms with Crippen LogP contribution >= 0.6 is 11.3 Å². The number of nitrogens with one attached hydrogen (secondary N) is 1. The minimum absolute atomic E-state index is 0.0208. The molecule has 8 nitrogen and oxygen atoms in total. The molecule has 2 aromatic rings. The molecule has 2 amide bonds. The number of terminal acetylenes is 1. The first-order chi connectivity index (χ1) is 15.0. The van der Waals surface area contributed by atoms with Gasteiger partial charge in [-0.2, -0.15) is 0 Å². The Morgan fingerprint density at radius 2 is 2.00 bits per heavy atom. The van der Waals surface area contributed by atoms with E-state index in [1.54, 1.807) is 30.6 Å². The maximum Gasteiger partial charge on any atom is 0.410 e. The maximum atomic E-state index is 12.5. The van der Waals surface area contributed by atoms with Crippen LogP contribution in [-0.2, 0) is 11.3 Å². The van der Waals surface area contributed by atoms with Crippen LogP contribution in [0.4, 0.5) is 4.79 Å². The number of thiazole rings is 1. The number of aromatic nitrogens is 1. The average molecular weight is 444 g/mol. The Morgan fingerprint density at radius 1 is 1.26 bits per heavy atom. The third-order valence-corrected chi connectivity index (χ3v) is 6.04. The van der Waals surface area contributed by atoms with Crippen molar-refractivity contribution in [2.45, 2.75) is 25.3 Å². The van der Waals surface area contributed by atoms with Gasteiger partial charge in [0.2, 0.25) is 0 Å². The van der Waals surface area contributed by atoms with E-state index < -0.39 is 0 Å². The lowest BCUT2D eigenvalue weighted by molar-refractivity contribution is 0.0946. The molecule has 1 N–H and O–H groups in total. The number of likely N-dealkylation sites (tertiary alicyclic amines) is 1. The van der Waals surface area contributed by atoms with Gasteiger partial charge in [0, 0.05) is 30.9 Å². The smallest absolute Gasteiger partial charge is 0.410 e. The lowest BCUT2D eigenvalue weighted by atomic mass is 9.98. The van der Waals surface area contributed by atoms with Gasteiger partial charge in [-0.05, 0) is 30.5 Å². The average Bonchev–Trinajstić information content (AvgIpc) is 3.31. The Kier molecular flexibility index (Phi) is 7.73. The summed E-state index contributed by atoms with van der Waals surface area (Å²) in [6.45, 7) is 1.49. The second-order valence-electron chi connectivity index (χ2n) is 6.96. The van der Waals surface area contributed by atoms with Crippen LogP contribution in [0.25, 0.3) is 0 Å². The summed E-state index contributed by atoms with van der Waals surface area (Å²) < 4.78 is 15.5. The molecule has 0 radical (unpaired) electrons. The summed E-state index contributed by atoms with van der Waals surface area (Å²) >= 11 is 1.47. The van der Waals surface area contributed by atoms with Crippen LogP contribution < -0.4 is 14.8 Å². The van der Waals surface area contributed by atoms with E-state index in [0.717, 1.165) is 23.4 Å². The van der Waals surface area contributed by atoms with Crippen molar-refractivity contribution in [1.82, 2.24) is 15.2 Å². The van der Waals surface area contributed by atoms with Crippen molar-refractivity contribution in [3.05, 3.63) is 39.8 Å². The summed E-state index contributed by atoms with van der Waals surface area (Å²) in [7, 11) is 3.15. The van der Waals surface area contributed by atoms with Crippen molar-refractivity contribution in [3.8, 4) is 23.8 Å². The van der Waals surface area contributed by atoms with Crippen LogP contribution in [0.1, 0.15) is 39.8 Å². The number of ether oxygens (including phenoxy) is 3. The molecular formula is C22H25N3O5S. The molecule has 0 unspecified atom stereocenters. The number of benzene rings is 1. The van der Waals surface area contributed by atoms with Gasteiger partial charge < -0.3 is 24.4 Å². The number of amides is 2. The molecule has 164 valence electrons. The highest BCUT2D eigenvalue weighted by Gasteiger charge is 2.27. The molecule has 1 aromatic carbocycles.